The molecule has 0 aliphatic rings. The fourth-order valence-electron chi connectivity index (χ4n) is 1.58. The zero-order chi connectivity index (χ0) is 11.5. The lowest BCUT2D eigenvalue weighted by Crippen LogP contribution is -2.12. The van der Waals surface area contributed by atoms with E-state index in [1.165, 1.54) is 12.1 Å². The van der Waals surface area contributed by atoms with E-state index in [1.807, 2.05) is 16.8 Å². The molecular formula is C12H12FNOS. The normalized spacial score (nSPS) is 12.4. The molecule has 2 aromatic rings. The third-order valence-electron chi connectivity index (χ3n) is 2.43. The summed E-state index contributed by atoms with van der Waals surface area (Å²) in [5.41, 5.74) is 7.70. The third kappa shape index (κ3) is 2.08. The molecule has 2 rings (SSSR count). The number of hydrogen-bond acceptors (Lipinski definition) is 3. The molecule has 1 aromatic carbocycles. The van der Waals surface area contributed by atoms with Crippen LogP contribution in [0.4, 0.5) is 4.39 Å². The summed E-state index contributed by atoms with van der Waals surface area (Å²) < 4.78 is 18.4. The summed E-state index contributed by atoms with van der Waals surface area (Å²) in [5.74, 6) is 0.307. The van der Waals surface area contributed by atoms with Crippen molar-refractivity contribution in [3.8, 4) is 5.75 Å². The quantitative estimate of drug-likeness (QED) is 0.890. The maximum Gasteiger partial charge on any atom is 0.124 e. The highest BCUT2D eigenvalue weighted by molar-refractivity contribution is 7.08. The predicted octanol–water partition coefficient (Wildman–Crippen LogP) is 2.94. The molecule has 4 heteroatoms. The number of halogens is 1. The van der Waals surface area contributed by atoms with Crippen LogP contribution >= 0.6 is 11.3 Å². The van der Waals surface area contributed by atoms with Gasteiger partial charge in [-0.2, -0.15) is 11.3 Å². The van der Waals surface area contributed by atoms with Crippen LogP contribution in [-0.2, 0) is 0 Å². The topological polar surface area (TPSA) is 35.2 Å². The van der Waals surface area contributed by atoms with Gasteiger partial charge in [0.25, 0.3) is 0 Å². The molecule has 0 aliphatic carbocycles. The Hall–Kier alpha value is -1.39. The Morgan fingerprint density at radius 1 is 1.38 bits per heavy atom. The van der Waals surface area contributed by atoms with Crippen molar-refractivity contribution in [1.29, 1.82) is 0 Å². The van der Waals surface area contributed by atoms with Gasteiger partial charge >= 0.3 is 0 Å². The van der Waals surface area contributed by atoms with Gasteiger partial charge in [-0.3, -0.25) is 0 Å². The summed E-state index contributed by atoms with van der Waals surface area (Å²) in [4.78, 5) is 0. The van der Waals surface area contributed by atoms with E-state index in [-0.39, 0.29) is 11.9 Å². The highest BCUT2D eigenvalue weighted by Gasteiger charge is 2.15. The van der Waals surface area contributed by atoms with E-state index in [4.69, 9.17) is 10.5 Å². The second-order valence-electron chi connectivity index (χ2n) is 3.42. The largest absolute Gasteiger partial charge is 0.496 e. The monoisotopic (exact) mass is 237 g/mol. The minimum absolute atomic E-state index is 0.304. The second-order valence-corrected chi connectivity index (χ2v) is 4.20. The van der Waals surface area contributed by atoms with Crippen molar-refractivity contribution in [2.75, 3.05) is 7.11 Å². The van der Waals surface area contributed by atoms with E-state index in [1.54, 1.807) is 24.5 Å². The Morgan fingerprint density at radius 2 is 2.19 bits per heavy atom. The van der Waals surface area contributed by atoms with E-state index in [0.717, 1.165) is 5.56 Å². The number of ether oxygens (including phenoxy) is 1. The molecule has 0 aliphatic heterocycles. The number of thiophene rings is 1. The molecule has 2 N–H and O–H groups in total. The SMILES string of the molecule is COc1ccc(F)cc1C(N)c1ccsc1. The van der Waals surface area contributed by atoms with E-state index in [9.17, 15) is 4.39 Å². The molecule has 84 valence electrons. The van der Waals surface area contributed by atoms with Crippen molar-refractivity contribution in [2.24, 2.45) is 5.73 Å². The molecule has 0 fully saturated rings. The van der Waals surface area contributed by atoms with Gasteiger partial charge < -0.3 is 10.5 Å². The van der Waals surface area contributed by atoms with Crippen LogP contribution in [0.5, 0.6) is 5.75 Å². The van der Waals surface area contributed by atoms with Gasteiger partial charge in [-0.05, 0) is 40.6 Å². The molecule has 0 saturated heterocycles. The first-order valence-electron chi connectivity index (χ1n) is 4.83. The molecule has 2 nitrogen and oxygen atoms in total. The van der Waals surface area contributed by atoms with Gasteiger partial charge in [-0.25, -0.2) is 4.39 Å². The Labute approximate surface area is 97.5 Å². The van der Waals surface area contributed by atoms with Gasteiger partial charge in [0, 0.05) is 5.56 Å². The molecule has 1 heterocycles. The zero-order valence-corrected chi connectivity index (χ0v) is 9.63. The first-order chi connectivity index (χ1) is 7.72. The predicted molar refractivity (Wildman–Crippen MR) is 63.3 cm³/mol. The van der Waals surface area contributed by atoms with Gasteiger partial charge in [0.05, 0.1) is 13.2 Å². The van der Waals surface area contributed by atoms with Crippen LogP contribution in [-0.4, -0.2) is 7.11 Å². The Bertz CT molecular complexity index is 470. The highest BCUT2D eigenvalue weighted by atomic mass is 32.1. The maximum absolute atomic E-state index is 13.2. The summed E-state index contributed by atoms with van der Waals surface area (Å²) in [6, 6.07) is 5.96. The molecule has 0 spiro atoms. The van der Waals surface area contributed by atoms with Crippen molar-refractivity contribution >= 4 is 11.3 Å². The molecule has 1 aromatic heterocycles. The summed E-state index contributed by atoms with van der Waals surface area (Å²) in [7, 11) is 1.55. The molecule has 1 unspecified atom stereocenters. The van der Waals surface area contributed by atoms with Crippen LogP contribution in [0.25, 0.3) is 0 Å². The fraction of sp³-hybridized carbons (Fsp3) is 0.167. The summed E-state index contributed by atoms with van der Waals surface area (Å²) in [6.45, 7) is 0. The second kappa shape index (κ2) is 4.63. The van der Waals surface area contributed by atoms with Crippen molar-refractivity contribution in [3.63, 3.8) is 0 Å². The van der Waals surface area contributed by atoms with E-state index >= 15 is 0 Å². The van der Waals surface area contributed by atoms with Crippen molar-refractivity contribution in [2.45, 2.75) is 6.04 Å². The molecule has 0 radical (unpaired) electrons. The van der Waals surface area contributed by atoms with Crippen molar-refractivity contribution < 1.29 is 9.13 Å². The fourth-order valence-corrected chi connectivity index (χ4v) is 2.28. The van der Waals surface area contributed by atoms with Crippen molar-refractivity contribution in [3.05, 3.63) is 52.0 Å². The van der Waals surface area contributed by atoms with Gasteiger partial charge in [0.2, 0.25) is 0 Å². The van der Waals surface area contributed by atoms with Crippen LogP contribution in [0, 0.1) is 5.82 Å². The minimum atomic E-state index is -0.350. The molecular weight excluding hydrogens is 225 g/mol. The van der Waals surface area contributed by atoms with E-state index in [0.29, 0.717) is 11.3 Å². The van der Waals surface area contributed by atoms with Gasteiger partial charge in [0.15, 0.2) is 0 Å². The van der Waals surface area contributed by atoms with E-state index in [2.05, 4.69) is 0 Å². The summed E-state index contributed by atoms with van der Waals surface area (Å²) >= 11 is 1.57. The molecule has 0 bridgehead atoms. The van der Waals surface area contributed by atoms with Crippen LogP contribution in [0.3, 0.4) is 0 Å². The van der Waals surface area contributed by atoms with Gasteiger partial charge in [0.1, 0.15) is 11.6 Å². The number of rotatable bonds is 3. The molecule has 16 heavy (non-hydrogen) atoms. The average molecular weight is 237 g/mol. The number of hydrogen-bond donors (Lipinski definition) is 1. The Morgan fingerprint density at radius 3 is 2.81 bits per heavy atom. The smallest absolute Gasteiger partial charge is 0.124 e. The van der Waals surface area contributed by atoms with E-state index < -0.39 is 0 Å². The average Bonchev–Trinajstić information content (AvgIpc) is 2.81. The van der Waals surface area contributed by atoms with Crippen LogP contribution < -0.4 is 10.5 Å². The Kier molecular flexibility index (Phi) is 3.22. The van der Waals surface area contributed by atoms with Crippen LogP contribution in [0.15, 0.2) is 35.0 Å². The standard InChI is InChI=1S/C12H12FNOS/c1-15-11-3-2-9(13)6-10(11)12(14)8-4-5-16-7-8/h2-7,12H,14H2,1H3. The number of benzene rings is 1. The van der Waals surface area contributed by atoms with Gasteiger partial charge in [-0.15, -0.1) is 0 Å². The number of nitrogens with two attached hydrogens (primary N) is 1. The van der Waals surface area contributed by atoms with Crippen LogP contribution in [0.2, 0.25) is 0 Å². The molecule has 0 amide bonds. The maximum atomic E-state index is 13.2. The zero-order valence-electron chi connectivity index (χ0n) is 8.81. The lowest BCUT2D eigenvalue weighted by molar-refractivity contribution is 0.406. The first-order valence-corrected chi connectivity index (χ1v) is 5.77. The molecule has 1 atom stereocenters. The minimum Gasteiger partial charge on any atom is -0.496 e. The molecule has 0 saturated carbocycles. The lowest BCUT2D eigenvalue weighted by Gasteiger charge is -2.14. The first kappa shape index (κ1) is 11.1. The Balaban J connectivity index is 2.42. The summed E-state index contributed by atoms with van der Waals surface area (Å²) in [6.07, 6.45) is 0. The number of methoxy groups -OCH3 is 1. The van der Waals surface area contributed by atoms with Gasteiger partial charge in [-0.1, -0.05) is 0 Å². The van der Waals surface area contributed by atoms with Crippen molar-refractivity contribution in [1.82, 2.24) is 0 Å². The van der Waals surface area contributed by atoms with Crippen LogP contribution in [0.1, 0.15) is 17.2 Å². The summed E-state index contributed by atoms with van der Waals surface area (Å²) in [5, 5.41) is 3.90. The third-order valence-corrected chi connectivity index (χ3v) is 3.13. The lowest BCUT2D eigenvalue weighted by atomic mass is 10.0. The highest BCUT2D eigenvalue weighted by Crippen LogP contribution is 2.29.